The van der Waals surface area contributed by atoms with Crippen LogP contribution in [0.15, 0.2) is 0 Å². The molecule has 2 unspecified atom stereocenters. The summed E-state index contributed by atoms with van der Waals surface area (Å²) in [6.45, 7) is 5.50. The van der Waals surface area contributed by atoms with E-state index < -0.39 is 5.97 Å². The predicted octanol–water partition coefficient (Wildman–Crippen LogP) is 1.79. The monoisotopic (exact) mass is 298 g/mol. The third kappa shape index (κ3) is 4.59. The van der Waals surface area contributed by atoms with E-state index >= 15 is 0 Å². The van der Waals surface area contributed by atoms with E-state index in [0.29, 0.717) is 38.6 Å². The Bertz CT molecular complexity index is 375. The first-order valence-corrected chi connectivity index (χ1v) is 7.97. The summed E-state index contributed by atoms with van der Waals surface area (Å²) in [6.07, 6.45) is 3.93. The number of ether oxygens (including phenoxy) is 1. The number of nitrogens with zero attached hydrogens (tertiary/aromatic N) is 2. The van der Waals surface area contributed by atoms with E-state index in [2.05, 4.69) is 6.92 Å². The number of aliphatic carboxylic acids is 1. The zero-order valence-electron chi connectivity index (χ0n) is 12.8. The van der Waals surface area contributed by atoms with Gasteiger partial charge >= 0.3 is 12.0 Å². The lowest BCUT2D eigenvalue weighted by molar-refractivity contribution is -0.137. The van der Waals surface area contributed by atoms with Gasteiger partial charge in [0.05, 0.1) is 12.7 Å². The molecule has 0 bridgehead atoms. The Labute approximate surface area is 126 Å². The fourth-order valence-electron chi connectivity index (χ4n) is 3.14. The van der Waals surface area contributed by atoms with Crippen molar-refractivity contribution in [3.63, 3.8) is 0 Å². The molecule has 2 aliphatic rings. The van der Waals surface area contributed by atoms with Crippen LogP contribution in [-0.4, -0.2) is 65.8 Å². The van der Waals surface area contributed by atoms with Gasteiger partial charge in [-0.3, -0.25) is 4.79 Å². The first kappa shape index (κ1) is 16.1. The second-order valence-electron chi connectivity index (χ2n) is 6.02. The average Bonchev–Trinajstić information content (AvgIpc) is 2.52. The summed E-state index contributed by atoms with van der Waals surface area (Å²) in [5.74, 6) is -0.431. The molecule has 2 amide bonds. The quantitative estimate of drug-likeness (QED) is 0.859. The van der Waals surface area contributed by atoms with Crippen LogP contribution < -0.4 is 0 Å². The summed E-state index contributed by atoms with van der Waals surface area (Å²) < 4.78 is 5.60. The number of carboxylic acids is 1. The van der Waals surface area contributed by atoms with Gasteiger partial charge in [-0.2, -0.15) is 0 Å². The molecule has 0 saturated carbocycles. The molecule has 0 aliphatic carbocycles. The highest BCUT2D eigenvalue weighted by Crippen LogP contribution is 2.22. The fourth-order valence-corrected chi connectivity index (χ4v) is 3.14. The summed E-state index contributed by atoms with van der Waals surface area (Å²) in [7, 11) is 0. The maximum Gasteiger partial charge on any atom is 0.320 e. The van der Waals surface area contributed by atoms with Crippen LogP contribution in [0.4, 0.5) is 4.79 Å². The molecule has 1 N–H and O–H groups in total. The second kappa shape index (κ2) is 7.64. The molecule has 2 saturated heterocycles. The van der Waals surface area contributed by atoms with Gasteiger partial charge in [0.1, 0.15) is 0 Å². The van der Waals surface area contributed by atoms with Gasteiger partial charge in [-0.1, -0.05) is 6.92 Å². The van der Waals surface area contributed by atoms with E-state index in [4.69, 9.17) is 9.84 Å². The largest absolute Gasteiger partial charge is 0.481 e. The van der Waals surface area contributed by atoms with Crippen molar-refractivity contribution < 1.29 is 19.4 Å². The zero-order valence-corrected chi connectivity index (χ0v) is 12.8. The van der Waals surface area contributed by atoms with E-state index in [1.807, 2.05) is 9.80 Å². The Morgan fingerprint density at radius 2 is 2.00 bits per heavy atom. The second-order valence-corrected chi connectivity index (χ2v) is 6.02. The van der Waals surface area contributed by atoms with Crippen LogP contribution >= 0.6 is 0 Å². The smallest absolute Gasteiger partial charge is 0.320 e. The summed E-state index contributed by atoms with van der Waals surface area (Å²) in [5.41, 5.74) is 0. The van der Waals surface area contributed by atoms with E-state index in [-0.39, 0.29) is 18.6 Å². The number of amides is 2. The van der Waals surface area contributed by atoms with Gasteiger partial charge in [0.15, 0.2) is 0 Å². The highest BCUT2D eigenvalue weighted by Gasteiger charge is 2.30. The van der Waals surface area contributed by atoms with Crippen molar-refractivity contribution in [2.24, 2.45) is 5.92 Å². The molecular formula is C15H26N2O4. The molecule has 2 heterocycles. The predicted molar refractivity (Wildman–Crippen MR) is 78.2 cm³/mol. The van der Waals surface area contributed by atoms with Gasteiger partial charge in [-0.15, -0.1) is 0 Å². The Morgan fingerprint density at radius 1 is 1.24 bits per heavy atom. The topological polar surface area (TPSA) is 70.1 Å². The van der Waals surface area contributed by atoms with Gasteiger partial charge in [0.25, 0.3) is 0 Å². The lowest BCUT2D eigenvalue weighted by Crippen LogP contribution is -2.53. The molecular weight excluding hydrogens is 272 g/mol. The number of carbonyl (C=O) groups excluding carboxylic acids is 1. The van der Waals surface area contributed by atoms with Crippen molar-refractivity contribution in [3.8, 4) is 0 Å². The number of piperidine rings is 1. The van der Waals surface area contributed by atoms with E-state index in [1.165, 1.54) is 0 Å². The highest BCUT2D eigenvalue weighted by molar-refractivity contribution is 5.74. The fraction of sp³-hybridized carbons (Fsp3) is 0.867. The molecule has 6 nitrogen and oxygen atoms in total. The molecule has 0 aromatic rings. The molecule has 2 fully saturated rings. The minimum atomic E-state index is -0.752. The number of carbonyl (C=O) groups is 2. The number of likely N-dealkylation sites (tertiary alicyclic amines) is 1. The number of urea groups is 1. The van der Waals surface area contributed by atoms with Crippen molar-refractivity contribution >= 4 is 12.0 Å². The van der Waals surface area contributed by atoms with Crippen LogP contribution in [0.25, 0.3) is 0 Å². The minimum absolute atomic E-state index is 0.0942. The van der Waals surface area contributed by atoms with Crippen molar-refractivity contribution in [1.82, 2.24) is 9.80 Å². The molecule has 21 heavy (non-hydrogen) atoms. The number of hydrogen-bond donors (Lipinski definition) is 1. The molecule has 2 rings (SSSR count). The maximum atomic E-state index is 12.6. The van der Waals surface area contributed by atoms with Crippen molar-refractivity contribution in [2.75, 3.05) is 32.8 Å². The van der Waals surface area contributed by atoms with Crippen molar-refractivity contribution in [1.29, 1.82) is 0 Å². The molecule has 6 heteroatoms. The average molecular weight is 298 g/mol. The maximum absolute atomic E-state index is 12.6. The van der Waals surface area contributed by atoms with Gasteiger partial charge < -0.3 is 19.6 Å². The summed E-state index contributed by atoms with van der Waals surface area (Å²) in [5, 5.41) is 8.78. The number of rotatable bonds is 4. The molecule has 120 valence electrons. The van der Waals surface area contributed by atoms with E-state index in [9.17, 15) is 9.59 Å². The van der Waals surface area contributed by atoms with Gasteiger partial charge in [-0.05, 0) is 31.6 Å². The molecule has 0 spiro atoms. The Hall–Kier alpha value is -1.30. The lowest BCUT2D eigenvalue weighted by atomic mass is 9.93. The number of hydrogen-bond acceptors (Lipinski definition) is 3. The Morgan fingerprint density at radius 3 is 2.71 bits per heavy atom. The van der Waals surface area contributed by atoms with Crippen molar-refractivity contribution in [2.45, 2.75) is 45.1 Å². The Balaban J connectivity index is 1.85. The third-order valence-electron chi connectivity index (χ3n) is 4.42. The van der Waals surface area contributed by atoms with Gasteiger partial charge in [0, 0.05) is 32.6 Å². The zero-order chi connectivity index (χ0) is 15.2. The lowest BCUT2D eigenvalue weighted by Gasteiger charge is -2.39. The first-order chi connectivity index (χ1) is 10.1. The van der Waals surface area contributed by atoms with Crippen LogP contribution in [0.1, 0.15) is 39.0 Å². The molecule has 0 aromatic carbocycles. The number of carboxylic acid groups (broad SMARTS) is 1. The molecule has 2 aliphatic heterocycles. The van der Waals surface area contributed by atoms with Crippen LogP contribution in [0.3, 0.4) is 0 Å². The SMILES string of the molecule is CCC1CN(C(=O)N2CCCC(CCC(=O)O)C2)CCO1. The highest BCUT2D eigenvalue weighted by atomic mass is 16.5. The number of morpholine rings is 1. The van der Waals surface area contributed by atoms with Crippen LogP contribution in [-0.2, 0) is 9.53 Å². The van der Waals surface area contributed by atoms with E-state index in [0.717, 1.165) is 25.8 Å². The molecule has 0 radical (unpaired) electrons. The molecule has 0 aromatic heterocycles. The van der Waals surface area contributed by atoms with E-state index in [1.54, 1.807) is 0 Å². The molecule has 2 atom stereocenters. The standard InChI is InChI=1S/C15H26N2O4/c1-2-13-11-17(8-9-21-13)15(20)16-7-3-4-12(10-16)5-6-14(18)19/h12-13H,2-11H2,1H3,(H,18,19). The first-order valence-electron chi connectivity index (χ1n) is 7.97. The summed E-state index contributed by atoms with van der Waals surface area (Å²) in [6, 6.07) is 0.0942. The van der Waals surface area contributed by atoms with Crippen LogP contribution in [0, 0.1) is 5.92 Å². The summed E-state index contributed by atoms with van der Waals surface area (Å²) in [4.78, 5) is 27.0. The van der Waals surface area contributed by atoms with Crippen molar-refractivity contribution in [3.05, 3.63) is 0 Å². The Kier molecular flexibility index (Phi) is 5.85. The summed E-state index contributed by atoms with van der Waals surface area (Å²) >= 11 is 0. The normalized spacial score (nSPS) is 26.7. The van der Waals surface area contributed by atoms with Crippen LogP contribution in [0.2, 0.25) is 0 Å². The van der Waals surface area contributed by atoms with Gasteiger partial charge in [-0.25, -0.2) is 4.79 Å². The van der Waals surface area contributed by atoms with Gasteiger partial charge in [0.2, 0.25) is 0 Å². The van der Waals surface area contributed by atoms with Crippen LogP contribution in [0.5, 0.6) is 0 Å². The third-order valence-corrected chi connectivity index (χ3v) is 4.42. The minimum Gasteiger partial charge on any atom is -0.481 e.